The number of Topliss-reactive ketones (excluding diaryl/α,β-unsaturated/α-hetero) is 1. The van der Waals surface area contributed by atoms with Crippen molar-refractivity contribution in [3.8, 4) is 12.3 Å². The summed E-state index contributed by atoms with van der Waals surface area (Å²) in [5, 5.41) is 0. The summed E-state index contributed by atoms with van der Waals surface area (Å²) in [5.74, 6) is 0.687. The molecule has 0 N–H and O–H groups in total. The minimum atomic E-state index is -0.618. The molecule has 0 unspecified atom stereocenters. The molecule has 1 rings (SSSR count). The Kier molecular flexibility index (Phi) is 2.25. The van der Waals surface area contributed by atoms with Gasteiger partial charge in [0.1, 0.15) is 5.82 Å². The number of halogens is 1. The fourth-order valence-electron chi connectivity index (χ4n) is 0.882. The van der Waals surface area contributed by atoms with Crippen LogP contribution >= 0.6 is 0 Å². The van der Waals surface area contributed by atoms with E-state index in [9.17, 15) is 9.18 Å². The zero-order valence-electron chi connectivity index (χ0n) is 6.60. The molecule has 0 amide bonds. The van der Waals surface area contributed by atoms with Crippen LogP contribution in [-0.2, 0) is 0 Å². The number of terminal acetylenes is 1. The van der Waals surface area contributed by atoms with Gasteiger partial charge in [-0.05, 0) is 30.5 Å². The predicted octanol–water partition coefficient (Wildman–Crippen LogP) is 1.95. The third-order valence-electron chi connectivity index (χ3n) is 1.50. The fourth-order valence-corrected chi connectivity index (χ4v) is 0.882. The zero-order chi connectivity index (χ0) is 9.14. The number of carbonyl (C=O) groups excluding carboxylic acids is 1. The second-order valence-corrected chi connectivity index (χ2v) is 2.46. The molecule has 1 aromatic rings. The molecule has 0 saturated carbocycles. The molecule has 0 bridgehead atoms. The third kappa shape index (κ3) is 1.51. The smallest absolute Gasteiger partial charge is 0.238 e. The first kappa shape index (κ1) is 8.48. The molecule has 0 aliphatic rings. The number of ketones is 1. The van der Waals surface area contributed by atoms with E-state index in [2.05, 4.69) is 0 Å². The van der Waals surface area contributed by atoms with E-state index in [4.69, 9.17) is 6.42 Å². The molecule has 0 radical (unpaired) electrons. The van der Waals surface area contributed by atoms with E-state index in [1.165, 1.54) is 12.1 Å². The summed E-state index contributed by atoms with van der Waals surface area (Å²) in [7, 11) is 0. The molecular formula is C10H7FO. The van der Waals surface area contributed by atoms with Gasteiger partial charge in [0.25, 0.3) is 0 Å². The molecule has 0 atom stereocenters. The Bertz CT molecular complexity index is 361. The molecule has 0 aliphatic carbocycles. The average Bonchev–Trinajstić information content (AvgIpc) is 2.03. The second kappa shape index (κ2) is 3.19. The maximum Gasteiger partial charge on any atom is 0.238 e. The number of hydrogen-bond acceptors (Lipinski definition) is 1. The Morgan fingerprint density at radius 1 is 1.58 bits per heavy atom. The van der Waals surface area contributed by atoms with Crippen molar-refractivity contribution in [2.24, 2.45) is 0 Å². The van der Waals surface area contributed by atoms with Crippen LogP contribution in [0.3, 0.4) is 0 Å². The molecule has 0 fully saturated rings. The minimum absolute atomic E-state index is 0.0388. The largest absolute Gasteiger partial charge is 0.279 e. The highest BCUT2D eigenvalue weighted by Gasteiger charge is 2.07. The fraction of sp³-hybridized carbons (Fsp3) is 0.100. The van der Waals surface area contributed by atoms with E-state index in [1.807, 2.05) is 5.92 Å². The van der Waals surface area contributed by atoms with Gasteiger partial charge in [-0.3, -0.25) is 4.79 Å². The highest BCUT2D eigenvalue weighted by Crippen LogP contribution is 2.09. The molecule has 2 heteroatoms. The van der Waals surface area contributed by atoms with Gasteiger partial charge in [0, 0.05) is 0 Å². The van der Waals surface area contributed by atoms with Crippen LogP contribution in [0.15, 0.2) is 18.2 Å². The summed E-state index contributed by atoms with van der Waals surface area (Å²) >= 11 is 0. The van der Waals surface area contributed by atoms with Gasteiger partial charge in [-0.25, -0.2) is 4.39 Å². The van der Waals surface area contributed by atoms with Gasteiger partial charge < -0.3 is 0 Å². The molecule has 0 aliphatic heterocycles. The average molecular weight is 162 g/mol. The van der Waals surface area contributed by atoms with Crippen LogP contribution in [0.25, 0.3) is 0 Å². The van der Waals surface area contributed by atoms with Crippen LogP contribution in [0.5, 0.6) is 0 Å². The highest BCUT2D eigenvalue weighted by molar-refractivity contribution is 6.08. The van der Waals surface area contributed by atoms with Gasteiger partial charge in [0.2, 0.25) is 5.78 Å². The van der Waals surface area contributed by atoms with Crippen LogP contribution in [-0.4, -0.2) is 5.78 Å². The van der Waals surface area contributed by atoms with E-state index in [0.29, 0.717) is 0 Å². The molecule has 0 heterocycles. The summed E-state index contributed by atoms with van der Waals surface area (Å²) in [5.41, 5.74) is 0.726. The summed E-state index contributed by atoms with van der Waals surface area (Å²) in [4.78, 5) is 10.9. The van der Waals surface area contributed by atoms with E-state index < -0.39 is 11.6 Å². The van der Waals surface area contributed by atoms with Gasteiger partial charge in [0.15, 0.2) is 0 Å². The number of rotatable bonds is 1. The van der Waals surface area contributed by atoms with Crippen molar-refractivity contribution in [1.29, 1.82) is 0 Å². The summed E-state index contributed by atoms with van der Waals surface area (Å²) in [6, 6.07) is 4.32. The van der Waals surface area contributed by atoms with E-state index in [-0.39, 0.29) is 5.56 Å². The lowest BCUT2D eigenvalue weighted by molar-refractivity contribution is 0.105. The first-order valence-corrected chi connectivity index (χ1v) is 3.42. The first-order valence-electron chi connectivity index (χ1n) is 3.42. The number of hydrogen-bond donors (Lipinski definition) is 0. The Hall–Kier alpha value is -1.62. The third-order valence-corrected chi connectivity index (χ3v) is 1.50. The SMILES string of the molecule is C#CC(=O)c1ccc(C)cc1F. The second-order valence-electron chi connectivity index (χ2n) is 2.46. The van der Waals surface area contributed by atoms with Crippen molar-refractivity contribution in [2.75, 3.05) is 0 Å². The Balaban J connectivity index is 3.20. The van der Waals surface area contributed by atoms with Crippen LogP contribution < -0.4 is 0 Å². The van der Waals surface area contributed by atoms with E-state index in [1.54, 1.807) is 13.0 Å². The number of carbonyl (C=O) groups is 1. The lowest BCUT2D eigenvalue weighted by atomic mass is 10.1. The van der Waals surface area contributed by atoms with Crippen LogP contribution in [0.4, 0.5) is 4.39 Å². The first-order chi connectivity index (χ1) is 5.65. The van der Waals surface area contributed by atoms with Crippen molar-refractivity contribution in [3.05, 3.63) is 35.1 Å². The van der Waals surface area contributed by atoms with Crippen LogP contribution in [0.1, 0.15) is 15.9 Å². The molecule has 1 aromatic carbocycles. The molecule has 1 nitrogen and oxygen atoms in total. The lowest BCUT2D eigenvalue weighted by Gasteiger charge is -1.97. The topological polar surface area (TPSA) is 17.1 Å². The van der Waals surface area contributed by atoms with Gasteiger partial charge in [0.05, 0.1) is 5.56 Å². The Morgan fingerprint density at radius 2 is 2.25 bits per heavy atom. The number of benzene rings is 1. The Morgan fingerprint density at radius 3 is 2.75 bits per heavy atom. The number of aryl methyl sites for hydroxylation is 1. The summed E-state index contributed by atoms with van der Waals surface area (Å²) < 4.78 is 13.0. The molecular weight excluding hydrogens is 155 g/mol. The highest BCUT2D eigenvalue weighted by atomic mass is 19.1. The van der Waals surface area contributed by atoms with Crippen molar-refractivity contribution in [3.63, 3.8) is 0 Å². The summed E-state index contributed by atoms with van der Waals surface area (Å²) in [6.07, 6.45) is 4.84. The van der Waals surface area contributed by atoms with E-state index in [0.717, 1.165) is 5.56 Å². The minimum Gasteiger partial charge on any atom is -0.279 e. The lowest BCUT2D eigenvalue weighted by Crippen LogP contribution is -1.98. The zero-order valence-corrected chi connectivity index (χ0v) is 6.60. The molecule has 0 spiro atoms. The summed E-state index contributed by atoms with van der Waals surface area (Å²) in [6.45, 7) is 1.74. The van der Waals surface area contributed by atoms with E-state index >= 15 is 0 Å². The van der Waals surface area contributed by atoms with Crippen molar-refractivity contribution in [2.45, 2.75) is 6.92 Å². The molecule has 12 heavy (non-hydrogen) atoms. The quantitative estimate of drug-likeness (QED) is 0.350. The van der Waals surface area contributed by atoms with Crippen molar-refractivity contribution < 1.29 is 9.18 Å². The van der Waals surface area contributed by atoms with Gasteiger partial charge >= 0.3 is 0 Å². The Labute approximate surface area is 70.2 Å². The molecule has 60 valence electrons. The van der Waals surface area contributed by atoms with Crippen molar-refractivity contribution in [1.82, 2.24) is 0 Å². The normalized spacial score (nSPS) is 9.08. The standard InChI is InChI=1S/C10H7FO/c1-3-10(12)8-5-4-7(2)6-9(8)11/h1,4-6H,2H3. The van der Waals surface area contributed by atoms with Gasteiger partial charge in [-0.2, -0.15) is 0 Å². The van der Waals surface area contributed by atoms with Crippen molar-refractivity contribution >= 4 is 5.78 Å². The van der Waals surface area contributed by atoms with Crippen LogP contribution in [0, 0.1) is 25.1 Å². The molecule has 0 aromatic heterocycles. The predicted molar refractivity (Wildman–Crippen MR) is 44.3 cm³/mol. The monoisotopic (exact) mass is 162 g/mol. The molecule has 0 saturated heterocycles. The van der Waals surface area contributed by atoms with Crippen LogP contribution in [0.2, 0.25) is 0 Å². The maximum atomic E-state index is 13.0. The van der Waals surface area contributed by atoms with Gasteiger partial charge in [-0.1, -0.05) is 6.07 Å². The van der Waals surface area contributed by atoms with Gasteiger partial charge in [-0.15, -0.1) is 6.42 Å². The maximum absolute atomic E-state index is 13.0.